The number of hydrazine groups is 2. The highest BCUT2D eigenvalue weighted by atomic mass is 32.2. The molecule has 1 atom stereocenters. The van der Waals surface area contributed by atoms with Gasteiger partial charge in [-0.05, 0) is 25.1 Å². The lowest BCUT2D eigenvalue weighted by Gasteiger charge is -2.43. The fourth-order valence-electron chi connectivity index (χ4n) is 2.44. The zero-order valence-electron chi connectivity index (χ0n) is 12.0. The van der Waals surface area contributed by atoms with Gasteiger partial charge in [-0.15, -0.1) is 16.9 Å². The third kappa shape index (κ3) is 4.10. The fourth-order valence-corrected chi connectivity index (χ4v) is 3.36. The Hall–Kier alpha value is -1.28. The standard InChI is InChI=1S/C14H22N6S/c15-12(10-21-14-4-2-1-3-5-14)6-7-19-8-13(9-19)20-17-11-16-18-20/h1-5,11-13,18H,6-10,15H2,(H,16,17)/t12-/m1/s1. The molecule has 0 amide bonds. The lowest BCUT2D eigenvalue weighted by atomic mass is 10.1. The van der Waals surface area contributed by atoms with Crippen LogP contribution in [0.2, 0.25) is 0 Å². The molecule has 0 saturated carbocycles. The minimum absolute atomic E-state index is 0.251. The summed E-state index contributed by atoms with van der Waals surface area (Å²) in [5.74, 6) is 0.977. The van der Waals surface area contributed by atoms with Crippen LogP contribution in [0.1, 0.15) is 6.42 Å². The molecule has 21 heavy (non-hydrogen) atoms. The van der Waals surface area contributed by atoms with Crippen LogP contribution in [0.5, 0.6) is 0 Å². The molecule has 6 nitrogen and oxygen atoms in total. The average molecular weight is 306 g/mol. The number of benzene rings is 1. The quantitative estimate of drug-likeness (QED) is 0.636. The third-order valence-electron chi connectivity index (χ3n) is 3.75. The molecule has 2 aliphatic heterocycles. The number of nitrogens with one attached hydrogen (secondary N) is 2. The van der Waals surface area contributed by atoms with Gasteiger partial charge in [-0.2, -0.15) is 5.10 Å². The van der Waals surface area contributed by atoms with Crippen molar-refractivity contribution in [1.29, 1.82) is 0 Å². The Morgan fingerprint density at radius 1 is 1.33 bits per heavy atom. The van der Waals surface area contributed by atoms with E-state index >= 15 is 0 Å². The molecule has 1 saturated heterocycles. The van der Waals surface area contributed by atoms with E-state index in [1.807, 2.05) is 22.9 Å². The summed E-state index contributed by atoms with van der Waals surface area (Å²) < 4.78 is 0. The molecule has 114 valence electrons. The van der Waals surface area contributed by atoms with Crippen molar-refractivity contribution in [2.24, 2.45) is 10.8 Å². The molecule has 0 radical (unpaired) electrons. The smallest absolute Gasteiger partial charge is 0.126 e. The molecule has 1 fully saturated rings. The Balaban J connectivity index is 1.28. The minimum Gasteiger partial charge on any atom is -0.327 e. The van der Waals surface area contributed by atoms with Crippen LogP contribution in [0.15, 0.2) is 40.3 Å². The Kier molecular flexibility index (Phi) is 4.97. The van der Waals surface area contributed by atoms with Gasteiger partial charge in [0.2, 0.25) is 0 Å². The summed E-state index contributed by atoms with van der Waals surface area (Å²) >= 11 is 1.84. The first-order chi connectivity index (χ1) is 10.3. The lowest BCUT2D eigenvalue weighted by Crippen LogP contribution is -2.64. The van der Waals surface area contributed by atoms with E-state index in [1.54, 1.807) is 6.34 Å². The van der Waals surface area contributed by atoms with E-state index in [1.165, 1.54) is 4.90 Å². The van der Waals surface area contributed by atoms with Crippen molar-refractivity contribution in [1.82, 2.24) is 21.0 Å². The number of likely N-dealkylation sites (tertiary alicyclic amines) is 1. The zero-order valence-corrected chi connectivity index (χ0v) is 12.8. The molecule has 0 unspecified atom stereocenters. The van der Waals surface area contributed by atoms with Crippen molar-refractivity contribution in [3.8, 4) is 0 Å². The molecule has 0 spiro atoms. The maximum atomic E-state index is 6.20. The van der Waals surface area contributed by atoms with Gasteiger partial charge in [0.25, 0.3) is 0 Å². The SMILES string of the molecule is N[C@H](CCN1CC(N2NC=NN2)C1)CSc1ccccc1. The topological polar surface area (TPSA) is 68.9 Å². The summed E-state index contributed by atoms with van der Waals surface area (Å²) in [6.45, 7) is 3.19. The van der Waals surface area contributed by atoms with Gasteiger partial charge in [-0.1, -0.05) is 18.2 Å². The van der Waals surface area contributed by atoms with Crippen molar-refractivity contribution < 1.29 is 0 Å². The van der Waals surface area contributed by atoms with Crippen molar-refractivity contribution in [3.05, 3.63) is 30.3 Å². The van der Waals surface area contributed by atoms with E-state index in [0.29, 0.717) is 6.04 Å². The highest BCUT2D eigenvalue weighted by Crippen LogP contribution is 2.19. The monoisotopic (exact) mass is 306 g/mol. The first-order valence-corrected chi connectivity index (χ1v) is 8.28. The molecule has 0 bridgehead atoms. The molecule has 2 heterocycles. The van der Waals surface area contributed by atoms with Gasteiger partial charge < -0.3 is 5.73 Å². The van der Waals surface area contributed by atoms with Gasteiger partial charge >= 0.3 is 0 Å². The molecule has 0 aliphatic carbocycles. The van der Waals surface area contributed by atoms with Crippen LogP contribution in [0.25, 0.3) is 0 Å². The van der Waals surface area contributed by atoms with Crippen LogP contribution in [-0.2, 0) is 0 Å². The minimum atomic E-state index is 0.251. The second-order valence-corrected chi connectivity index (χ2v) is 6.54. The summed E-state index contributed by atoms with van der Waals surface area (Å²) in [6, 6.07) is 11.2. The largest absolute Gasteiger partial charge is 0.327 e. The summed E-state index contributed by atoms with van der Waals surface area (Å²) in [6.07, 6.45) is 2.71. The maximum Gasteiger partial charge on any atom is 0.126 e. The summed E-state index contributed by atoms with van der Waals surface area (Å²) in [7, 11) is 0. The Morgan fingerprint density at radius 3 is 2.86 bits per heavy atom. The van der Waals surface area contributed by atoms with Crippen LogP contribution >= 0.6 is 11.8 Å². The number of rotatable bonds is 7. The summed E-state index contributed by atoms with van der Waals surface area (Å²) in [4.78, 5) is 3.72. The molecule has 1 aromatic rings. The predicted octanol–water partition coefficient (Wildman–Crippen LogP) is 0.448. The Labute approximate surface area is 129 Å². The highest BCUT2D eigenvalue weighted by molar-refractivity contribution is 7.99. The predicted molar refractivity (Wildman–Crippen MR) is 86.6 cm³/mol. The van der Waals surface area contributed by atoms with E-state index in [4.69, 9.17) is 5.73 Å². The molecule has 7 heteroatoms. The lowest BCUT2D eigenvalue weighted by molar-refractivity contribution is -0.00703. The van der Waals surface area contributed by atoms with E-state index in [2.05, 4.69) is 45.2 Å². The second kappa shape index (κ2) is 7.13. The third-order valence-corrected chi connectivity index (χ3v) is 4.95. The van der Waals surface area contributed by atoms with E-state index in [9.17, 15) is 0 Å². The average Bonchev–Trinajstić information content (AvgIpc) is 2.98. The number of hydrogen-bond donors (Lipinski definition) is 3. The van der Waals surface area contributed by atoms with E-state index in [-0.39, 0.29) is 6.04 Å². The van der Waals surface area contributed by atoms with Crippen LogP contribution in [0.4, 0.5) is 0 Å². The van der Waals surface area contributed by atoms with Gasteiger partial charge in [0.15, 0.2) is 0 Å². The molecular formula is C14H22N6S. The van der Waals surface area contributed by atoms with Crippen molar-refractivity contribution in [2.45, 2.75) is 23.4 Å². The van der Waals surface area contributed by atoms with Crippen molar-refractivity contribution >= 4 is 18.1 Å². The van der Waals surface area contributed by atoms with Gasteiger partial charge in [-0.25, -0.2) is 5.53 Å². The number of thioether (sulfide) groups is 1. The maximum absolute atomic E-state index is 6.20. The fraction of sp³-hybridized carbons (Fsp3) is 0.500. The summed E-state index contributed by atoms with van der Waals surface area (Å²) in [5.41, 5.74) is 12.2. The molecule has 1 aromatic carbocycles. The Morgan fingerprint density at radius 2 is 2.14 bits per heavy atom. The van der Waals surface area contributed by atoms with Crippen molar-refractivity contribution in [3.63, 3.8) is 0 Å². The molecule has 0 aromatic heterocycles. The van der Waals surface area contributed by atoms with Gasteiger partial charge in [-0.3, -0.25) is 10.3 Å². The second-order valence-electron chi connectivity index (χ2n) is 5.44. The first-order valence-electron chi connectivity index (χ1n) is 7.29. The highest BCUT2D eigenvalue weighted by Gasteiger charge is 2.32. The van der Waals surface area contributed by atoms with E-state index < -0.39 is 0 Å². The number of hydrazone groups is 1. The number of hydrogen-bond acceptors (Lipinski definition) is 7. The van der Waals surface area contributed by atoms with Crippen LogP contribution in [0.3, 0.4) is 0 Å². The zero-order chi connectivity index (χ0) is 14.5. The summed E-state index contributed by atoms with van der Waals surface area (Å²) in [5, 5.41) is 5.86. The first kappa shape index (κ1) is 14.6. The molecular weight excluding hydrogens is 284 g/mol. The van der Waals surface area contributed by atoms with Gasteiger partial charge in [0.1, 0.15) is 6.34 Å². The number of nitrogens with two attached hydrogens (primary N) is 1. The van der Waals surface area contributed by atoms with E-state index in [0.717, 1.165) is 31.8 Å². The van der Waals surface area contributed by atoms with Gasteiger partial charge in [0.05, 0.1) is 6.04 Å². The Bertz CT molecular complexity index is 454. The molecule has 4 N–H and O–H groups in total. The van der Waals surface area contributed by atoms with Crippen LogP contribution in [0, 0.1) is 0 Å². The normalized spacial score (nSPS) is 20.8. The van der Waals surface area contributed by atoms with Crippen LogP contribution < -0.4 is 16.7 Å². The number of nitrogens with zero attached hydrogens (tertiary/aromatic N) is 3. The van der Waals surface area contributed by atoms with Gasteiger partial charge in [0, 0.05) is 29.8 Å². The molecule has 3 rings (SSSR count). The van der Waals surface area contributed by atoms with Crippen LogP contribution in [-0.4, -0.2) is 53.8 Å². The van der Waals surface area contributed by atoms with Crippen molar-refractivity contribution in [2.75, 3.05) is 25.4 Å². The molecule has 2 aliphatic rings.